The SMILES string of the molecule is CCCCCCC1=C(c2cc(CCCC)cc(CCCCC)c2)[N+](=[N-])C(c2cc(CCCC)cc(CCCCC)c2)=C1CCCC.CCCCCCCCCCCCCCCCCCCC=[CH][Ni][CH]=CCCCCCCCCCCCCCCCCCCC. The zero-order valence-electron chi connectivity index (χ0n) is 61.0. The predicted molar refractivity (Wildman–Crippen MR) is 398 cm³/mol. The molecule has 1 heterocycles. The topological polar surface area (TPSA) is 25.3 Å². The van der Waals surface area contributed by atoms with Crippen molar-refractivity contribution in [1.29, 1.82) is 0 Å². The van der Waals surface area contributed by atoms with Gasteiger partial charge in [-0.3, -0.25) is 0 Å². The number of aryl methyl sites for hydroxylation is 4. The minimum absolute atomic E-state index is 1.03. The van der Waals surface area contributed by atoms with Crippen molar-refractivity contribution >= 4 is 11.4 Å². The second-order valence-corrected chi connectivity index (χ2v) is 28.7. The normalized spacial score (nSPS) is 12.8. The van der Waals surface area contributed by atoms with E-state index < -0.39 is 0 Å². The number of allylic oxidation sites excluding steroid dienone is 4. The summed E-state index contributed by atoms with van der Waals surface area (Å²) in [7, 11) is 0. The Balaban J connectivity index is 0.000000609. The summed E-state index contributed by atoms with van der Waals surface area (Å²) in [5.41, 5.74) is 25.6. The molecule has 2 aromatic rings. The zero-order chi connectivity index (χ0) is 64.1. The fraction of sp³-hybridized carbons (Fsp3) is 0.767. The molecular formula is C86H150N2Ni. The summed E-state index contributed by atoms with van der Waals surface area (Å²) in [6, 6.07) is 14.6. The van der Waals surface area contributed by atoms with Gasteiger partial charge in [0.2, 0.25) is 11.4 Å². The Morgan fingerprint density at radius 2 is 0.472 bits per heavy atom. The molecule has 0 N–H and O–H groups in total. The van der Waals surface area contributed by atoms with Crippen molar-refractivity contribution in [3.05, 3.63) is 109 Å². The molecule has 3 rings (SSSR count). The summed E-state index contributed by atoms with van der Waals surface area (Å²) >= 11 is 1.69. The van der Waals surface area contributed by atoms with Crippen molar-refractivity contribution in [1.82, 2.24) is 0 Å². The predicted octanol–water partition coefficient (Wildman–Crippen LogP) is 30.3. The quantitative estimate of drug-likeness (QED) is 0.0358. The first kappa shape index (κ1) is 82.6. The Bertz CT molecular complexity index is 2020. The van der Waals surface area contributed by atoms with Crippen LogP contribution in [0, 0.1) is 0 Å². The van der Waals surface area contributed by atoms with Gasteiger partial charge in [-0.2, -0.15) is 0 Å². The van der Waals surface area contributed by atoms with Crippen LogP contribution in [0.15, 0.2) is 69.8 Å². The number of rotatable bonds is 62. The van der Waals surface area contributed by atoms with Crippen LogP contribution in [0.5, 0.6) is 0 Å². The van der Waals surface area contributed by atoms with Crippen LogP contribution in [0.3, 0.4) is 0 Å². The Kier molecular flexibility index (Phi) is 57.2. The number of nitrogens with zero attached hydrogens (tertiary/aromatic N) is 2. The van der Waals surface area contributed by atoms with Gasteiger partial charge in [0.25, 0.3) is 0 Å². The molecule has 0 amide bonds. The van der Waals surface area contributed by atoms with Crippen LogP contribution in [-0.4, -0.2) is 4.70 Å². The van der Waals surface area contributed by atoms with Gasteiger partial charge in [-0.25, -0.2) is 4.70 Å². The molecule has 0 saturated heterocycles. The molecule has 0 spiro atoms. The van der Waals surface area contributed by atoms with Crippen LogP contribution < -0.4 is 0 Å². The standard InChI is InChI=1S/C44H68N2.2C21H41.Ni/c1-7-13-19-22-28-42-41(27-18-12-6)43(39-31-35(23-16-10-4)29-37(33-39)25-20-14-8-2)46(45)44(42)40-32-36(24-17-11-5)30-38(34-40)26-21-15-9-3;2*1-3-5-7-9-11-13-15-17-19-21-20-18-16-14-12-10-8-6-4-2;/h29-34H,7-28H2,1-6H3;2*1,3H,4-21H2,2H3;. The minimum atomic E-state index is 1.03. The Morgan fingerprint density at radius 1 is 0.258 bits per heavy atom. The Hall–Kier alpha value is -2.51. The van der Waals surface area contributed by atoms with Gasteiger partial charge in [0, 0.05) is 22.3 Å². The van der Waals surface area contributed by atoms with Gasteiger partial charge in [0.1, 0.15) is 0 Å². The maximum absolute atomic E-state index is 12.5. The zero-order valence-corrected chi connectivity index (χ0v) is 62.0. The van der Waals surface area contributed by atoms with Gasteiger partial charge in [-0.05, 0) is 124 Å². The summed E-state index contributed by atoms with van der Waals surface area (Å²) in [6.07, 6.45) is 82.9. The molecule has 0 aliphatic carbocycles. The van der Waals surface area contributed by atoms with Gasteiger partial charge in [0.15, 0.2) is 0 Å². The van der Waals surface area contributed by atoms with Crippen molar-refractivity contribution in [3.8, 4) is 0 Å². The van der Waals surface area contributed by atoms with Crippen LogP contribution >= 0.6 is 0 Å². The molecule has 1 aliphatic rings. The third-order valence-corrected chi connectivity index (χ3v) is 19.9. The molecule has 89 heavy (non-hydrogen) atoms. The minimum Gasteiger partial charge on any atom is -0.0654 e. The second kappa shape index (κ2) is 61.7. The van der Waals surface area contributed by atoms with E-state index in [1.165, 1.54) is 366 Å². The average molecular weight is 1270 g/mol. The summed E-state index contributed by atoms with van der Waals surface area (Å²) in [6.45, 7) is 18.4. The first-order chi connectivity index (χ1) is 43.9. The van der Waals surface area contributed by atoms with E-state index in [0.29, 0.717) is 0 Å². The summed E-state index contributed by atoms with van der Waals surface area (Å²) < 4.78 is 1.66. The number of hydrogen-bond acceptors (Lipinski definition) is 0. The fourth-order valence-electron chi connectivity index (χ4n) is 13.4. The summed E-state index contributed by atoms with van der Waals surface area (Å²) in [4.78, 5) is 0. The third kappa shape index (κ3) is 43.2. The van der Waals surface area contributed by atoms with Gasteiger partial charge >= 0.3 is 165 Å². The third-order valence-electron chi connectivity index (χ3n) is 19.1. The van der Waals surface area contributed by atoms with E-state index in [1.807, 2.05) is 0 Å². The number of unbranched alkanes of at least 4 members (excludes halogenated alkanes) is 44. The van der Waals surface area contributed by atoms with Crippen molar-refractivity contribution in [2.75, 3.05) is 0 Å². The monoisotopic (exact) mass is 1270 g/mol. The van der Waals surface area contributed by atoms with Gasteiger partial charge < -0.3 is 5.53 Å². The van der Waals surface area contributed by atoms with Crippen LogP contribution in [0.25, 0.3) is 16.9 Å². The molecule has 0 atom stereocenters. The molecule has 0 saturated carbocycles. The fourth-order valence-corrected chi connectivity index (χ4v) is 14.1. The smallest absolute Gasteiger partial charge is 0.0654 e. The maximum atomic E-state index is 12.5. The van der Waals surface area contributed by atoms with Crippen molar-refractivity contribution in [2.24, 2.45) is 0 Å². The molecule has 0 radical (unpaired) electrons. The molecule has 514 valence electrons. The molecule has 0 bridgehead atoms. The van der Waals surface area contributed by atoms with E-state index in [4.69, 9.17) is 0 Å². The second-order valence-electron chi connectivity index (χ2n) is 27.8. The average Bonchev–Trinajstić information content (AvgIpc) is 1.70. The molecule has 0 fully saturated rings. The van der Waals surface area contributed by atoms with Crippen LogP contribution in [0.4, 0.5) is 0 Å². The molecule has 3 heteroatoms. The van der Waals surface area contributed by atoms with Gasteiger partial charge in [-0.15, -0.1) is 0 Å². The van der Waals surface area contributed by atoms with E-state index in [9.17, 15) is 5.53 Å². The van der Waals surface area contributed by atoms with Crippen molar-refractivity contribution in [2.45, 2.75) is 428 Å². The molecule has 0 unspecified atom stereocenters. The van der Waals surface area contributed by atoms with E-state index in [0.717, 1.165) is 62.8 Å². The van der Waals surface area contributed by atoms with E-state index in [2.05, 4.69) is 114 Å². The summed E-state index contributed by atoms with van der Waals surface area (Å²) in [5, 5.41) is 4.65. The molecule has 0 aromatic heterocycles. The summed E-state index contributed by atoms with van der Waals surface area (Å²) in [5.74, 6) is 0. The number of hydrogen-bond donors (Lipinski definition) is 0. The van der Waals surface area contributed by atoms with E-state index >= 15 is 0 Å². The van der Waals surface area contributed by atoms with Gasteiger partial charge in [0.05, 0.1) is 0 Å². The molecule has 2 nitrogen and oxygen atoms in total. The Labute approximate surface area is 563 Å². The van der Waals surface area contributed by atoms with Crippen LogP contribution in [0.1, 0.15) is 435 Å². The van der Waals surface area contributed by atoms with Crippen molar-refractivity contribution in [3.63, 3.8) is 0 Å². The molecule has 2 aromatic carbocycles. The molecular weight excluding hydrogens is 1120 g/mol. The Morgan fingerprint density at radius 3 is 0.764 bits per heavy atom. The number of benzene rings is 2. The van der Waals surface area contributed by atoms with Gasteiger partial charge in [-0.1, -0.05) is 234 Å². The van der Waals surface area contributed by atoms with E-state index in [1.54, 1.807) is 19.1 Å². The van der Waals surface area contributed by atoms with Crippen LogP contribution in [-0.2, 0) is 40.1 Å². The molecule has 1 aliphatic heterocycles. The van der Waals surface area contributed by atoms with E-state index in [-0.39, 0.29) is 0 Å². The first-order valence-corrected chi connectivity index (χ1v) is 41.1. The van der Waals surface area contributed by atoms with Crippen molar-refractivity contribution < 1.29 is 19.1 Å². The van der Waals surface area contributed by atoms with Crippen LogP contribution in [0.2, 0.25) is 0 Å². The first-order valence-electron chi connectivity index (χ1n) is 40.0.